The van der Waals surface area contributed by atoms with Crippen LogP contribution in [-0.4, -0.2) is 30.4 Å². The van der Waals surface area contributed by atoms with Crippen LogP contribution in [0.3, 0.4) is 0 Å². The number of hydrogen-bond acceptors (Lipinski definition) is 1. The Hall–Kier alpha value is -1.84. The second-order valence-corrected chi connectivity index (χ2v) is 4.35. The Morgan fingerprint density at radius 2 is 2.29 bits per heavy atom. The van der Waals surface area contributed by atoms with E-state index in [0.717, 1.165) is 36.5 Å². The molecule has 0 spiro atoms. The first-order valence-corrected chi connectivity index (χ1v) is 5.81. The van der Waals surface area contributed by atoms with Gasteiger partial charge in [0.05, 0.1) is 0 Å². The van der Waals surface area contributed by atoms with Gasteiger partial charge in [0.2, 0.25) is 0 Å². The van der Waals surface area contributed by atoms with Crippen molar-refractivity contribution in [3.63, 3.8) is 0 Å². The Balaban J connectivity index is 2.02. The third-order valence-corrected chi connectivity index (χ3v) is 2.83. The molecule has 1 aromatic carbocycles. The topological polar surface area (TPSA) is 44.7 Å². The molecule has 0 aliphatic carbocycles. The molecule has 0 atom stereocenters. The molecule has 2 rings (SSSR count). The molecule has 0 saturated carbocycles. The number of urea groups is 1. The molecule has 1 aromatic rings. The maximum atomic E-state index is 11.7. The van der Waals surface area contributed by atoms with Crippen LogP contribution >= 0.6 is 0 Å². The SMILES string of the molecule is Cc1cccc(NC(=O)/N=C2/CCCN2C)c1. The first kappa shape index (κ1) is 11.6. The van der Waals surface area contributed by atoms with Gasteiger partial charge >= 0.3 is 6.03 Å². The molecular weight excluding hydrogens is 214 g/mol. The van der Waals surface area contributed by atoms with E-state index < -0.39 is 0 Å². The molecule has 1 aliphatic heterocycles. The van der Waals surface area contributed by atoms with Crippen LogP contribution in [0, 0.1) is 6.92 Å². The van der Waals surface area contributed by atoms with E-state index in [1.807, 2.05) is 43.1 Å². The number of amidine groups is 1. The fourth-order valence-electron chi connectivity index (χ4n) is 1.93. The third kappa shape index (κ3) is 3.06. The Kier molecular flexibility index (Phi) is 3.42. The minimum Gasteiger partial charge on any atom is -0.363 e. The number of hydrogen-bond donors (Lipinski definition) is 1. The van der Waals surface area contributed by atoms with E-state index in [0.29, 0.717) is 0 Å². The van der Waals surface area contributed by atoms with Gasteiger partial charge in [0.1, 0.15) is 5.84 Å². The summed E-state index contributed by atoms with van der Waals surface area (Å²) in [5.74, 6) is 0.871. The summed E-state index contributed by atoms with van der Waals surface area (Å²) in [5.41, 5.74) is 1.91. The van der Waals surface area contributed by atoms with Gasteiger partial charge in [-0.15, -0.1) is 0 Å². The number of amides is 2. The standard InChI is InChI=1S/C13H17N3O/c1-10-5-3-6-11(9-10)14-13(17)15-12-7-4-8-16(12)2/h3,5-6,9H,4,7-8H2,1-2H3,(H,14,17)/b15-12-. The molecule has 0 aromatic heterocycles. The molecule has 4 heteroatoms. The van der Waals surface area contributed by atoms with Crippen LogP contribution < -0.4 is 5.32 Å². The van der Waals surface area contributed by atoms with Crippen molar-refractivity contribution in [2.45, 2.75) is 19.8 Å². The zero-order valence-corrected chi connectivity index (χ0v) is 10.2. The first-order chi connectivity index (χ1) is 8.15. The fraction of sp³-hybridized carbons (Fsp3) is 0.385. The van der Waals surface area contributed by atoms with Gasteiger partial charge in [0, 0.05) is 25.7 Å². The molecule has 1 fully saturated rings. The molecule has 0 radical (unpaired) electrons. The minimum absolute atomic E-state index is 0.292. The van der Waals surface area contributed by atoms with Crippen molar-refractivity contribution in [1.29, 1.82) is 0 Å². The summed E-state index contributed by atoms with van der Waals surface area (Å²) in [4.78, 5) is 17.8. The van der Waals surface area contributed by atoms with Crippen molar-refractivity contribution >= 4 is 17.6 Å². The molecule has 90 valence electrons. The van der Waals surface area contributed by atoms with Gasteiger partial charge in [-0.3, -0.25) is 0 Å². The van der Waals surface area contributed by atoms with E-state index in [2.05, 4.69) is 10.3 Å². The molecule has 0 unspecified atom stereocenters. The van der Waals surface area contributed by atoms with E-state index in [9.17, 15) is 4.79 Å². The predicted octanol–water partition coefficient (Wildman–Crippen LogP) is 2.65. The highest BCUT2D eigenvalue weighted by molar-refractivity contribution is 6.00. The zero-order valence-electron chi connectivity index (χ0n) is 10.2. The van der Waals surface area contributed by atoms with Gasteiger partial charge in [0.15, 0.2) is 0 Å². The average Bonchev–Trinajstić information content (AvgIpc) is 2.64. The van der Waals surface area contributed by atoms with Gasteiger partial charge in [-0.2, -0.15) is 4.99 Å². The van der Waals surface area contributed by atoms with Crippen molar-refractivity contribution in [2.24, 2.45) is 4.99 Å². The predicted molar refractivity (Wildman–Crippen MR) is 69.5 cm³/mol. The van der Waals surface area contributed by atoms with Crippen LogP contribution in [0.5, 0.6) is 0 Å². The van der Waals surface area contributed by atoms with Crippen LogP contribution in [0.1, 0.15) is 18.4 Å². The number of rotatable bonds is 1. The van der Waals surface area contributed by atoms with Crippen LogP contribution in [0.2, 0.25) is 0 Å². The lowest BCUT2D eigenvalue weighted by atomic mass is 10.2. The van der Waals surface area contributed by atoms with Crippen molar-refractivity contribution in [3.8, 4) is 0 Å². The number of nitrogens with one attached hydrogen (secondary N) is 1. The molecule has 2 amide bonds. The van der Waals surface area contributed by atoms with E-state index in [-0.39, 0.29) is 6.03 Å². The van der Waals surface area contributed by atoms with Gasteiger partial charge < -0.3 is 10.2 Å². The molecular formula is C13H17N3O. The van der Waals surface area contributed by atoms with Gasteiger partial charge in [-0.25, -0.2) is 4.79 Å². The number of carbonyl (C=O) groups excluding carboxylic acids is 1. The first-order valence-electron chi connectivity index (χ1n) is 5.81. The third-order valence-electron chi connectivity index (χ3n) is 2.83. The lowest BCUT2D eigenvalue weighted by Gasteiger charge is -2.10. The van der Waals surface area contributed by atoms with Crippen molar-refractivity contribution in [2.75, 3.05) is 18.9 Å². The number of anilines is 1. The smallest absolute Gasteiger partial charge is 0.347 e. The summed E-state index contributed by atoms with van der Waals surface area (Å²) >= 11 is 0. The Morgan fingerprint density at radius 3 is 2.94 bits per heavy atom. The number of benzene rings is 1. The fourth-order valence-corrected chi connectivity index (χ4v) is 1.93. The highest BCUT2D eigenvalue weighted by Crippen LogP contribution is 2.12. The summed E-state index contributed by atoms with van der Waals surface area (Å²) in [6.45, 7) is 2.98. The Morgan fingerprint density at radius 1 is 1.47 bits per heavy atom. The van der Waals surface area contributed by atoms with Crippen LogP contribution in [0.15, 0.2) is 29.3 Å². The van der Waals surface area contributed by atoms with E-state index >= 15 is 0 Å². The maximum absolute atomic E-state index is 11.7. The zero-order chi connectivity index (χ0) is 12.3. The van der Waals surface area contributed by atoms with E-state index in [4.69, 9.17) is 0 Å². The number of carbonyl (C=O) groups is 1. The molecule has 17 heavy (non-hydrogen) atoms. The molecule has 1 N–H and O–H groups in total. The van der Waals surface area contributed by atoms with E-state index in [1.165, 1.54) is 0 Å². The Labute approximate surface area is 101 Å². The quantitative estimate of drug-likeness (QED) is 0.807. The van der Waals surface area contributed by atoms with Crippen molar-refractivity contribution < 1.29 is 4.79 Å². The normalized spacial score (nSPS) is 17.5. The van der Waals surface area contributed by atoms with E-state index in [1.54, 1.807) is 0 Å². The second kappa shape index (κ2) is 4.99. The summed E-state index contributed by atoms with van der Waals surface area (Å²) in [6, 6.07) is 7.41. The number of aryl methyl sites for hydroxylation is 1. The summed E-state index contributed by atoms with van der Waals surface area (Å²) < 4.78 is 0. The Bertz CT molecular complexity index is 454. The molecule has 1 aliphatic rings. The molecule has 1 heterocycles. The number of likely N-dealkylation sites (tertiary alicyclic amines) is 1. The highest BCUT2D eigenvalue weighted by atomic mass is 16.2. The van der Waals surface area contributed by atoms with Gasteiger partial charge in [-0.1, -0.05) is 12.1 Å². The van der Waals surface area contributed by atoms with Crippen LogP contribution in [0.25, 0.3) is 0 Å². The minimum atomic E-state index is -0.292. The second-order valence-electron chi connectivity index (χ2n) is 4.35. The average molecular weight is 231 g/mol. The highest BCUT2D eigenvalue weighted by Gasteiger charge is 2.15. The largest absolute Gasteiger partial charge is 0.363 e. The summed E-state index contributed by atoms with van der Waals surface area (Å²) in [6.07, 6.45) is 1.96. The van der Waals surface area contributed by atoms with Gasteiger partial charge in [0.25, 0.3) is 0 Å². The van der Waals surface area contributed by atoms with Crippen molar-refractivity contribution in [1.82, 2.24) is 4.90 Å². The maximum Gasteiger partial charge on any atom is 0.347 e. The number of aliphatic imine (C=N–C) groups is 1. The lowest BCUT2D eigenvalue weighted by molar-refractivity contribution is 0.259. The molecule has 1 saturated heterocycles. The summed E-state index contributed by atoms with van der Waals surface area (Å²) in [7, 11) is 1.96. The molecule has 0 bridgehead atoms. The van der Waals surface area contributed by atoms with Crippen LogP contribution in [-0.2, 0) is 0 Å². The lowest BCUT2D eigenvalue weighted by Crippen LogP contribution is -2.21. The summed E-state index contributed by atoms with van der Waals surface area (Å²) in [5, 5.41) is 2.78. The molecule has 4 nitrogen and oxygen atoms in total. The van der Waals surface area contributed by atoms with Crippen molar-refractivity contribution in [3.05, 3.63) is 29.8 Å². The van der Waals surface area contributed by atoms with Gasteiger partial charge in [-0.05, 0) is 31.0 Å². The van der Waals surface area contributed by atoms with Crippen LogP contribution in [0.4, 0.5) is 10.5 Å². The monoisotopic (exact) mass is 231 g/mol. The number of nitrogens with zero attached hydrogens (tertiary/aromatic N) is 2.